The van der Waals surface area contributed by atoms with E-state index in [0.717, 1.165) is 51.4 Å². The molecule has 0 aromatic heterocycles. The van der Waals surface area contributed by atoms with Crippen molar-refractivity contribution in [1.29, 1.82) is 0 Å². The van der Waals surface area contributed by atoms with Crippen LogP contribution >= 0.6 is 0 Å². The van der Waals surface area contributed by atoms with E-state index in [-0.39, 0.29) is 11.9 Å². The zero-order valence-corrected chi connectivity index (χ0v) is 13.1. The van der Waals surface area contributed by atoms with Gasteiger partial charge in [0.15, 0.2) is 0 Å². The van der Waals surface area contributed by atoms with E-state index in [1.807, 2.05) is 0 Å². The third kappa shape index (κ3) is 13.4. The summed E-state index contributed by atoms with van der Waals surface area (Å²) in [7, 11) is 0. The molecule has 0 aliphatic rings. The molecule has 0 N–H and O–H groups in total. The first-order valence-corrected chi connectivity index (χ1v) is 8.02. The minimum atomic E-state index is -0.0996. The van der Waals surface area contributed by atoms with Crippen molar-refractivity contribution in [3.05, 3.63) is 0 Å². The van der Waals surface area contributed by atoms with Crippen molar-refractivity contribution in [1.82, 2.24) is 0 Å². The maximum Gasteiger partial charge on any atom is 0.305 e. The summed E-state index contributed by atoms with van der Waals surface area (Å²) >= 11 is 0. The minimum absolute atomic E-state index is 0.0996. The Morgan fingerprint density at radius 2 is 1.05 bits per heavy atom. The van der Waals surface area contributed by atoms with Gasteiger partial charge in [-0.25, -0.2) is 0 Å². The third-order valence-electron chi connectivity index (χ3n) is 3.03. The first-order chi connectivity index (χ1) is 9.70. The Bertz CT molecular complexity index is 225. The molecule has 0 spiro atoms. The smallest absolute Gasteiger partial charge is 0.305 e. The van der Waals surface area contributed by atoms with Crippen molar-refractivity contribution in [2.75, 3.05) is 13.2 Å². The van der Waals surface area contributed by atoms with E-state index < -0.39 is 0 Å². The number of carbonyl (C=O) groups excluding carboxylic acids is 2. The molecule has 0 rings (SSSR count). The van der Waals surface area contributed by atoms with Gasteiger partial charge in [0.25, 0.3) is 0 Å². The summed E-state index contributed by atoms with van der Waals surface area (Å²) in [5.74, 6) is -0.199. The molecule has 0 bridgehead atoms. The van der Waals surface area contributed by atoms with Crippen molar-refractivity contribution in [2.45, 2.75) is 78.1 Å². The van der Waals surface area contributed by atoms with Gasteiger partial charge >= 0.3 is 11.9 Å². The van der Waals surface area contributed by atoms with Crippen LogP contribution in [0.2, 0.25) is 0 Å². The first-order valence-electron chi connectivity index (χ1n) is 8.02. The van der Waals surface area contributed by atoms with Gasteiger partial charge in [-0.1, -0.05) is 39.5 Å². The van der Waals surface area contributed by atoms with Gasteiger partial charge in [-0.3, -0.25) is 9.59 Å². The fourth-order valence-corrected chi connectivity index (χ4v) is 1.70. The second-order valence-electron chi connectivity index (χ2n) is 5.06. The SMILES string of the molecule is CCCCOC(=O)CCCCCCC(=O)OCCCC. The topological polar surface area (TPSA) is 52.6 Å². The normalized spacial score (nSPS) is 10.3. The molecule has 0 saturated carbocycles. The molecule has 118 valence electrons. The highest BCUT2D eigenvalue weighted by atomic mass is 16.5. The lowest BCUT2D eigenvalue weighted by Crippen LogP contribution is -2.06. The Labute approximate surface area is 123 Å². The monoisotopic (exact) mass is 286 g/mol. The number of esters is 2. The van der Waals surface area contributed by atoms with Crippen molar-refractivity contribution < 1.29 is 19.1 Å². The Kier molecular flexibility index (Phi) is 13.6. The van der Waals surface area contributed by atoms with Gasteiger partial charge in [0, 0.05) is 12.8 Å². The van der Waals surface area contributed by atoms with Crippen LogP contribution in [-0.2, 0) is 19.1 Å². The van der Waals surface area contributed by atoms with E-state index >= 15 is 0 Å². The first kappa shape index (κ1) is 18.9. The molecule has 0 heterocycles. The van der Waals surface area contributed by atoms with E-state index in [1.165, 1.54) is 0 Å². The molecule has 0 radical (unpaired) electrons. The predicted octanol–water partition coefficient (Wildman–Crippen LogP) is 4.01. The lowest BCUT2D eigenvalue weighted by atomic mass is 10.1. The predicted molar refractivity (Wildman–Crippen MR) is 79.4 cm³/mol. The molecule has 0 aliphatic heterocycles. The Morgan fingerprint density at radius 1 is 0.650 bits per heavy atom. The quantitative estimate of drug-likeness (QED) is 0.379. The number of rotatable bonds is 13. The van der Waals surface area contributed by atoms with Crippen molar-refractivity contribution >= 4 is 11.9 Å². The highest BCUT2D eigenvalue weighted by Crippen LogP contribution is 2.07. The molecule has 0 amide bonds. The Hall–Kier alpha value is -1.06. The molecule has 20 heavy (non-hydrogen) atoms. The molecular formula is C16H30O4. The lowest BCUT2D eigenvalue weighted by Gasteiger charge is -2.05. The van der Waals surface area contributed by atoms with E-state index in [1.54, 1.807) is 0 Å². The molecule has 4 nitrogen and oxygen atoms in total. The van der Waals surface area contributed by atoms with Crippen molar-refractivity contribution in [2.24, 2.45) is 0 Å². The fraction of sp³-hybridized carbons (Fsp3) is 0.875. The Balaban J connectivity index is 3.27. The summed E-state index contributed by atoms with van der Waals surface area (Å²) in [4.78, 5) is 22.6. The lowest BCUT2D eigenvalue weighted by molar-refractivity contribution is -0.145. The van der Waals surface area contributed by atoms with Gasteiger partial charge in [-0.05, 0) is 25.7 Å². The zero-order valence-electron chi connectivity index (χ0n) is 13.1. The molecule has 0 saturated heterocycles. The van der Waals surface area contributed by atoms with E-state index in [9.17, 15) is 9.59 Å². The van der Waals surface area contributed by atoms with Gasteiger partial charge in [0.05, 0.1) is 13.2 Å². The standard InChI is InChI=1S/C16H30O4/c1-3-5-13-19-15(17)11-9-7-8-10-12-16(18)20-14-6-4-2/h3-14H2,1-2H3. The van der Waals surface area contributed by atoms with E-state index in [0.29, 0.717) is 26.1 Å². The van der Waals surface area contributed by atoms with Crippen LogP contribution in [0, 0.1) is 0 Å². The maximum absolute atomic E-state index is 11.3. The van der Waals surface area contributed by atoms with Crippen LogP contribution in [0.3, 0.4) is 0 Å². The molecule has 0 atom stereocenters. The van der Waals surface area contributed by atoms with Crippen LogP contribution in [-0.4, -0.2) is 25.2 Å². The van der Waals surface area contributed by atoms with Crippen LogP contribution in [0.15, 0.2) is 0 Å². The fourth-order valence-electron chi connectivity index (χ4n) is 1.70. The van der Waals surface area contributed by atoms with Crippen LogP contribution < -0.4 is 0 Å². The molecule has 0 aromatic carbocycles. The number of carbonyl (C=O) groups is 2. The summed E-state index contributed by atoms with van der Waals surface area (Å²) in [6, 6.07) is 0. The number of hydrogen-bond donors (Lipinski definition) is 0. The summed E-state index contributed by atoms with van der Waals surface area (Å²) in [6.45, 7) is 5.22. The van der Waals surface area contributed by atoms with Crippen LogP contribution in [0.4, 0.5) is 0 Å². The summed E-state index contributed by atoms with van der Waals surface area (Å²) in [5.41, 5.74) is 0. The molecule has 0 aromatic rings. The maximum atomic E-state index is 11.3. The third-order valence-corrected chi connectivity index (χ3v) is 3.03. The number of ether oxygens (including phenoxy) is 2. The Morgan fingerprint density at radius 3 is 1.40 bits per heavy atom. The summed E-state index contributed by atoms with van der Waals surface area (Å²) in [6.07, 6.45) is 8.55. The van der Waals surface area contributed by atoms with Gasteiger partial charge in [-0.15, -0.1) is 0 Å². The van der Waals surface area contributed by atoms with Crippen LogP contribution in [0.1, 0.15) is 78.1 Å². The van der Waals surface area contributed by atoms with Crippen LogP contribution in [0.5, 0.6) is 0 Å². The summed E-state index contributed by atoms with van der Waals surface area (Å²) < 4.78 is 10.1. The van der Waals surface area contributed by atoms with E-state index in [2.05, 4.69) is 13.8 Å². The summed E-state index contributed by atoms with van der Waals surface area (Å²) in [5, 5.41) is 0. The highest BCUT2D eigenvalue weighted by molar-refractivity contribution is 5.69. The zero-order chi connectivity index (χ0) is 15.1. The number of hydrogen-bond acceptors (Lipinski definition) is 4. The second kappa shape index (κ2) is 14.4. The molecule has 0 unspecified atom stereocenters. The average molecular weight is 286 g/mol. The largest absolute Gasteiger partial charge is 0.466 e. The number of unbranched alkanes of at least 4 members (excludes halogenated alkanes) is 5. The molecular weight excluding hydrogens is 256 g/mol. The van der Waals surface area contributed by atoms with Gasteiger partial charge < -0.3 is 9.47 Å². The molecule has 0 fully saturated rings. The molecule has 4 heteroatoms. The molecule has 0 aliphatic carbocycles. The minimum Gasteiger partial charge on any atom is -0.466 e. The van der Waals surface area contributed by atoms with Crippen LogP contribution in [0.25, 0.3) is 0 Å². The van der Waals surface area contributed by atoms with Gasteiger partial charge in [-0.2, -0.15) is 0 Å². The van der Waals surface area contributed by atoms with Gasteiger partial charge in [0.1, 0.15) is 0 Å². The van der Waals surface area contributed by atoms with E-state index in [4.69, 9.17) is 9.47 Å². The van der Waals surface area contributed by atoms with Crippen molar-refractivity contribution in [3.63, 3.8) is 0 Å². The highest BCUT2D eigenvalue weighted by Gasteiger charge is 2.04. The van der Waals surface area contributed by atoms with Gasteiger partial charge in [0.2, 0.25) is 0 Å². The second-order valence-corrected chi connectivity index (χ2v) is 5.06. The average Bonchev–Trinajstić information content (AvgIpc) is 2.43. The van der Waals surface area contributed by atoms with Crippen molar-refractivity contribution in [3.8, 4) is 0 Å².